The number of carbonyl (C=O) groups excluding carboxylic acids is 1. The van der Waals surface area contributed by atoms with Gasteiger partial charge in [-0.1, -0.05) is 13.8 Å². The highest BCUT2D eigenvalue weighted by Gasteiger charge is 2.37. The van der Waals surface area contributed by atoms with E-state index in [9.17, 15) is 9.59 Å². The highest BCUT2D eigenvalue weighted by atomic mass is 16.4. The summed E-state index contributed by atoms with van der Waals surface area (Å²) in [6, 6.07) is -0.937. The van der Waals surface area contributed by atoms with Crippen LogP contribution in [0.1, 0.15) is 20.8 Å². The number of aliphatic carboxylic acids is 1. The minimum absolute atomic E-state index is 0.0873. The van der Waals surface area contributed by atoms with Gasteiger partial charge in [-0.05, 0) is 6.92 Å². The number of piperazine rings is 1. The van der Waals surface area contributed by atoms with E-state index >= 15 is 0 Å². The van der Waals surface area contributed by atoms with Gasteiger partial charge < -0.3 is 15.3 Å². The van der Waals surface area contributed by atoms with Gasteiger partial charge in [0.1, 0.15) is 6.04 Å². The van der Waals surface area contributed by atoms with Crippen molar-refractivity contribution < 1.29 is 14.7 Å². The minimum Gasteiger partial charge on any atom is -0.480 e. The number of carboxylic acid groups (broad SMARTS) is 1. The second-order valence-corrected chi connectivity index (χ2v) is 4.21. The van der Waals surface area contributed by atoms with Crippen molar-refractivity contribution in [2.75, 3.05) is 13.1 Å². The molecule has 86 valence electrons. The molecule has 5 heteroatoms. The van der Waals surface area contributed by atoms with E-state index in [1.807, 2.05) is 0 Å². The van der Waals surface area contributed by atoms with Crippen LogP contribution in [0.2, 0.25) is 0 Å². The van der Waals surface area contributed by atoms with E-state index in [1.54, 1.807) is 20.8 Å². The maximum atomic E-state index is 11.8. The highest BCUT2D eigenvalue weighted by molar-refractivity contribution is 5.85. The molecule has 0 spiro atoms. The predicted molar refractivity (Wildman–Crippen MR) is 55.4 cm³/mol. The predicted octanol–water partition coefficient (Wildman–Crippen LogP) is -0.0841. The summed E-state index contributed by atoms with van der Waals surface area (Å²) in [6.07, 6.45) is 0. The third kappa shape index (κ3) is 2.47. The van der Waals surface area contributed by atoms with Crippen LogP contribution in [0, 0.1) is 5.92 Å². The zero-order valence-electron chi connectivity index (χ0n) is 9.36. The zero-order chi connectivity index (χ0) is 11.6. The maximum absolute atomic E-state index is 11.8. The molecular weight excluding hydrogens is 196 g/mol. The summed E-state index contributed by atoms with van der Waals surface area (Å²) in [6.45, 7) is 6.49. The van der Waals surface area contributed by atoms with Crippen LogP contribution in [-0.4, -0.2) is 47.1 Å². The Morgan fingerprint density at radius 3 is 2.53 bits per heavy atom. The van der Waals surface area contributed by atoms with Crippen LogP contribution in [-0.2, 0) is 9.59 Å². The maximum Gasteiger partial charge on any atom is 0.328 e. The smallest absolute Gasteiger partial charge is 0.328 e. The van der Waals surface area contributed by atoms with Gasteiger partial charge >= 0.3 is 5.97 Å². The molecule has 2 unspecified atom stereocenters. The van der Waals surface area contributed by atoms with Crippen LogP contribution in [0.4, 0.5) is 0 Å². The summed E-state index contributed by atoms with van der Waals surface area (Å²) >= 11 is 0. The fourth-order valence-electron chi connectivity index (χ4n) is 1.86. The second kappa shape index (κ2) is 4.61. The Hall–Kier alpha value is -1.10. The van der Waals surface area contributed by atoms with Crippen LogP contribution in [0.15, 0.2) is 0 Å². The molecule has 0 bridgehead atoms. The molecule has 0 aromatic rings. The SMILES string of the molecule is CC(C)C(=O)N1CCNC(C)C1C(=O)O. The van der Waals surface area contributed by atoms with E-state index in [4.69, 9.17) is 5.11 Å². The summed E-state index contributed by atoms with van der Waals surface area (Å²) in [4.78, 5) is 24.3. The van der Waals surface area contributed by atoms with Gasteiger partial charge in [0.25, 0.3) is 0 Å². The summed E-state index contributed by atoms with van der Waals surface area (Å²) in [7, 11) is 0. The van der Waals surface area contributed by atoms with Gasteiger partial charge in [-0.3, -0.25) is 4.79 Å². The molecule has 15 heavy (non-hydrogen) atoms. The number of nitrogens with zero attached hydrogens (tertiary/aromatic N) is 1. The third-order valence-electron chi connectivity index (χ3n) is 2.66. The lowest BCUT2D eigenvalue weighted by Crippen LogP contribution is -2.62. The highest BCUT2D eigenvalue weighted by Crippen LogP contribution is 2.13. The Bertz CT molecular complexity index is 265. The molecule has 5 nitrogen and oxygen atoms in total. The van der Waals surface area contributed by atoms with Crippen LogP contribution >= 0.6 is 0 Å². The third-order valence-corrected chi connectivity index (χ3v) is 2.66. The van der Waals surface area contributed by atoms with E-state index in [2.05, 4.69) is 5.32 Å². The van der Waals surface area contributed by atoms with Crippen LogP contribution in [0.3, 0.4) is 0 Å². The Kier molecular flexibility index (Phi) is 3.68. The van der Waals surface area contributed by atoms with E-state index in [1.165, 1.54) is 4.90 Å². The molecular formula is C10H18N2O3. The van der Waals surface area contributed by atoms with Crippen LogP contribution in [0.5, 0.6) is 0 Å². The lowest BCUT2D eigenvalue weighted by molar-refractivity contribution is -0.154. The molecule has 2 atom stereocenters. The number of amides is 1. The van der Waals surface area contributed by atoms with Gasteiger partial charge in [-0.25, -0.2) is 4.79 Å². The standard InChI is InChI=1S/C10H18N2O3/c1-6(2)9(13)12-5-4-11-7(3)8(12)10(14)15/h6-8,11H,4-5H2,1-3H3,(H,14,15). The monoisotopic (exact) mass is 214 g/mol. The number of carboxylic acids is 1. The first-order valence-corrected chi connectivity index (χ1v) is 5.21. The quantitative estimate of drug-likeness (QED) is 0.674. The van der Waals surface area contributed by atoms with Crippen molar-refractivity contribution in [1.29, 1.82) is 0 Å². The Balaban J connectivity index is 2.84. The van der Waals surface area contributed by atoms with Crippen molar-refractivity contribution in [3.05, 3.63) is 0 Å². The Morgan fingerprint density at radius 1 is 1.47 bits per heavy atom. The lowest BCUT2D eigenvalue weighted by atomic mass is 10.0. The van der Waals surface area contributed by atoms with Gasteiger partial charge in [0.05, 0.1) is 0 Å². The van der Waals surface area contributed by atoms with Crippen molar-refractivity contribution >= 4 is 11.9 Å². The number of rotatable bonds is 2. The summed E-state index contributed by atoms with van der Waals surface area (Å²) in [5, 5.41) is 12.1. The first-order valence-electron chi connectivity index (χ1n) is 5.21. The van der Waals surface area contributed by atoms with Crippen LogP contribution < -0.4 is 5.32 Å². The van der Waals surface area contributed by atoms with Crippen molar-refractivity contribution in [1.82, 2.24) is 10.2 Å². The number of hydrogen-bond acceptors (Lipinski definition) is 3. The normalized spacial score (nSPS) is 26.8. The van der Waals surface area contributed by atoms with Crippen molar-refractivity contribution in [3.63, 3.8) is 0 Å². The number of nitrogens with one attached hydrogen (secondary N) is 1. The molecule has 1 heterocycles. The number of hydrogen-bond donors (Lipinski definition) is 2. The minimum atomic E-state index is -0.941. The molecule has 2 N–H and O–H groups in total. The first-order chi connectivity index (χ1) is 6.95. The van der Waals surface area contributed by atoms with E-state index in [0.717, 1.165) is 0 Å². The number of carbonyl (C=O) groups is 2. The molecule has 1 rings (SSSR count). The van der Waals surface area contributed by atoms with E-state index < -0.39 is 12.0 Å². The molecule has 0 aromatic heterocycles. The molecule has 1 aliphatic rings. The van der Waals surface area contributed by atoms with Gasteiger partial charge in [0, 0.05) is 25.0 Å². The summed E-state index contributed by atoms with van der Waals surface area (Å²) in [5.74, 6) is -1.18. The van der Waals surface area contributed by atoms with Crippen molar-refractivity contribution in [3.8, 4) is 0 Å². The van der Waals surface area contributed by atoms with Crippen molar-refractivity contribution in [2.45, 2.75) is 32.9 Å². The van der Waals surface area contributed by atoms with Gasteiger partial charge in [0.2, 0.25) is 5.91 Å². The van der Waals surface area contributed by atoms with Crippen molar-refractivity contribution in [2.24, 2.45) is 5.92 Å². The fraction of sp³-hybridized carbons (Fsp3) is 0.800. The molecule has 1 saturated heterocycles. The Labute approximate surface area is 89.4 Å². The molecule has 0 saturated carbocycles. The fourth-order valence-corrected chi connectivity index (χ4v) is 1.86. The average Bonchev–Trinajstić information content (AvgIpc) is 2.15. The van der Waals surface area contributed by atoms with Gasteiger partial charge in [-0.15, -0.1) is 0 Å². The molecule has 0 radical (unpaired) electrons. The second-order valence-electron chi connectivity index (χ2n) is 4.21. The van der Waals surface area contributed by atoms with Gasteiger partial charge in [-0.2, -0.15) is 0 Å². The molecule has 1 aliphatic heterocycles. The average molecular weight is 214 g/mol. The molecule has 0 aromatic carbocycles. The van der Waals surface area contributed by atoms with Gasteiger partial charge in [0.15, 0.2) is 0 Å². The summed E-state index contributed by atoms with van der Waals surface area (Å²) < 4.78 is 0. The summed E-state index contributed by atoms with van der Waals surface area (Å²) in [5.41, 5.74) is 0. The van der Waals surface area contributed by atoms with Crippen LogP contribution in [0.25, 0.3) is 0 Å². The Morgan fingerprint density at radius 2 is 2.07 bits per heavy atom. The first kappa shape index (κ1) is 12.0. The van der Waals surface area contributed by atoms with E-state index in [0.29, 0.717) is 13.1 Å². The van der Waals surface area contributed by atoms with E-state index in [-0.39, 0.29) is 17.9 Å². The molecule has 1 fully saturated rings. The zero-order valence-corrected chi connectivity index (χ0v) is 9.36. The largest absolute Gasteiger partial charge is 0.480 e. The lowest BCUT2D eigenvalue weighted by Gasteiger charge is -2.38. The molecule has 0 aliphatic carbocycles. The topological polar surface area (TPSA) is 69.6 Å². The molecule has 1 amide bonds.